The molecule has 1 unspecified atom stereocenters. The molecule has 1 amide bonds. The third-order valence-corrected chi connectivity index (χ3v) is 3.23. The molecule has 2 heterocycles. The molecule has 1 aliphatic heterocycles. The molecular formula is C13H18N4O3. The molecule has 0 aliphatic carbocycles. The van der Waals surface area contributed by atoms with Crippen LogP contribution in [0, 0.1) is 6.92 Å². The molecule has 2 N–H and O–H groups in total. The van der Waals surface area contributed by atoms with Gasteiger partial charge in [-0.2, -0.15) is 0 Å². The van der Waals surface area contributed by atoms with E-state index in [1.807, 2.05) is 13.0 Å². The first-order valence-corrected chi connectivity index (χ1v) is 6.62. The Morgan fingerprint density at radius 1 is 1.55 bits per heavy atom. The van der Waals surface area contributed by atoms with Crippen molar-refractivity contribution in [1.82, 2.24) is 15.3 Å². The highest BCUT2D eigenvalue weighted by Crippen LogP contribution is 2.19. The van der Waals surface area contributed by atoms with E-state index in [-0.39, 0.29) is 12.3 Å². The highest BCUT2D eigenvalue weighted by Gasteiger charge is 2.32. The molecule has 1 saturated heterocycles. The molecule has 7 heteroatoms. The van der Waals surface area contributed by atoms with Crippen molar-refractivity contribution in [1.29, 1.82) is 0 Å². The van der Waals surface area contributed by atoms with Gasteiger partial charge in [0.25, 0.3) is 0 Å². The molecule has 1 fully saturated rings. The van der Waals surface area contributed by atoms with Crippen LogP contribution < -0.4 is 10.2 Å². The lowest BCUT2D eigenvalue weighted by atomic mass is 10.1. The van der Waals surface area contributed by atoms with Crippen LogP contribution in [0.15, 0.2) is 6.07 Å². The maximum absolute atomic E-state index is 11.9. The summed E-state index contributed by atoms with van der Waals surface area (Å²) < 4.78 is 0. The van der Waals surface area contributed by atoms with E-state index in [0.717, 1.165) is 12.1 Å². The standard InChI is InChI=1S/C13H18N4O3/c1-3-9-6-11(16-8(2)15-9)17-5-4-14-13(20)10(17)7-12(18)19/h6,10H,3-5,7H2,1-2H3,(H,14,20)(H,18,19). The number of aromatic nitrogens is 2. The fourth-order valence-corrected chi connectivity index (χ4v) is 2.30. The number of amides is 1. The van der Waals surface area contributed by atoms with E-state index in [0.29, 0.717) is 24.7 Å². The molecule has 0 saturated carbocycles. The zero-order valence-corrected chi connectivity index (χ0v) is 11.6. The minimum absolute atomic E-state index is 0.240. The average Bonchev–Trinajstić information content (AvgIpc) is 2.39. The first kappa shape index (κ1) is 14.2. The Kier molecular flexibility index (Phi) is 4.16. The number of nitrogens with one attached hydrogen (secondary N) is 1. The van der Waals surface area contributed by atoms with Gasteiger partial charge >= 0.3 is 5.97 Å². The highest BCUT2D eigenvalue weighted by molar-refractivity contribution is 5.90. The van der Waals surface area contributed by atoms with Gasteiger partial charge in [0.05, 0.1) is 6.42 Å². The summed E-state index contributed by atoms with van der Waals surface area (Å²) in [6.07, 6.45) is 0.524. The fourth-order valence-electron chi connectivity index (χ4n) is 2.30. The minimum Gasteiger partial charge on any atom is -0.481 e. The maximum Gasteiger partial charge on any atom is 0.305 e. The van der Waals surface area contributed by atoms with E-state index in [1.54, 1.807) is 11.8 Å². The summed E-state index contributed by atoms with van der Waals surface area (Å²) in [4.78, 5) is 33.2. The van der Waals surface area contributed by atoms with E-state index in [1.165, 1.54) is 0 Å². The van der Waals surface area contributed by atoms with Crippen LogP contribution in [0.2, 0.25) is 0 Å². The van der Waals surface area contributed by atoms with Crippen molar-refractivity contribution >= 4 is 17.7 Å². The molecule has 0 spiro atoms. The smallest absolute Gasteiger partial charge is 0.305 e. The van der Waals surface area contributed by atoms with Crippen molar-refractivity contribution in [3.05, 3.63) is 17.6 Å². The van der Waals surface area contributed by atoms with Crippen LogP contribution >= 0.6 is 0 Å². The SMILES string of the molecule is CCc1cc(N2CCNC(=O)C2CC(=O)O)nc(C)n1. The van der Waals surface area contributed by atoms with Crippen LogP contribution in [-0.4, -0.2) is 46.1 Å². The number of nitrogens with zero attached hydrogens (tertiary/aromatic N) is 3. The second kappa shape index (κ2) is 5.85. The van der Waals surface area contributed by atoms with Gasteiger partial charge in [-0.05, 0) is 13.3 Å². The van der Waals surface area contributed by atoms with Gasteiger partial charge in [-0.15, -0.1) is 0 Å². The molecule has 1 aromatic rings. The van der Waals surface area contributed by atoms with Gasteiger partial charge in [0, 0.05) is 24.8 Å². The number of carbonyl (C=O) groups is 2. The number of hydrogen-bond acceptors (Lipinski definition) is 5. The molecule has 0 radical (unpaired) electrons. The molecule has 0 bridgehead atoms. The van der Waals surface area contributed by atoms with Crippen molar-refractivity contribution in [2.75, 3.05) is 18.0 Å². The number of carboxylic acid groups (broad SMARTS) is 1. The number of aliphatic carboxylic acids is 1. The summed E-state index contributed by atoms with van der Waals surface area (Å²) in [5.74, 6) is -0.0265. The largest absolute Gasteiger partial charge is 0.481 e. The number of anilines is 1. The lowest BCUT2D eigenvalue weighted by Crippen LogP contribution is -2.56. The number of hydrogen-bond donors (Lipinski definition) is 2. The minimum atomic E-state index is -1.00. The van der Waals surface area contributed by atoms with Crippen molar-refractivity contribution in [3.63, 3.8) is 0 Å². The first-order valence-electron chi connectivity index (χ1n) is 6.62. The van der Waals surface area contributed by atoms with E-state index in [9.17, 15) is 9.59 Å². The molecule has 108 valence electrons. The molecule has 1 aliphatic rings. The Morgan fingerprint density at radius 2 is 2.30 bits per heavy atom. The quantitative estimate of drug-likeness (QED) is 0.812. The predicted octanol–water partition coefficient (Wildman–Crippen LogP) is 0.127. The number of carbonyl (C=O) groups excluding carboxylic acids is 1. The van der Waals surface area contributed by atoms with Crippen molar-refractivity contribution in [3.8, 4) is 0 Å². The summed E-state index contributed by atoms with van der Waals surface area (Å²) in [5.41, 5.74) is 0.882. The number of aryl methyl sites for hydroxylation is 2. The van der Waals surface area contributed by atoms with E-state index in [4.69, 9.17) is 5.11 Å². The molecule has 1 atom stereocenters. The normalized spacial score (nSPS) is 18.8. The summed E-state index contributed by atoms with van der Waals surface area (Å²) in [5, 5.41) is 11.7. The van der Waals surface area contributed by atoms with Gasteiger partial charge in [0.2, 0.25) is 5.91 Å². The van der Waals surface area contributed by atoms with Crippen molar-refractivity contribution < 1.29 is 14.7 Å². The van der Waals surface area contributed by atoms with Crippen LogP contribution in [0.1, 0.15) is 24.9 Å². The van der Waals surface area contributed by atoms with Crippen molar-refractivity contribution in [2.45, 2.75) is 32.7 Å². The third kappa shape index (κ3) is 3.04. The third-order valence-electron chi connectivity index (χ3n) is 3.23. The summed E-state index contributed by atoms with van der Waals surface area (Å²) in [6.45, 7) is 4.81. The molecule has 0 aromatic carbocycles. The van der Waals surface area contributed by atoms with Gasteiger partial charge < -0.3 is 15.3 Å². The average molecular weight is 278 g/mol. The first-order chi connectivity index (χ1) is 9.51. The lowest BCUT2D eigenvalue weighted by molar-refractivity contribution is -0.139. The summed E-state index contributed by atoms with van der Waals surface area (Å²) in [7, 11) is 0. The van der Waals surface area contributed by atoms with E-state index >= 15 is 0 Å². The maximum atomic E-state index is 11.9. The Hall–Kier alpha value is -2.18. The van der Waals surface area contributed by atoms with Gasteiger partial charge in [0.15, 0.2) is 0 Å². The predicted molar refractivity (Wildman–Crippen MR) is 72.5 cm³/mol. The molecular weight excluding hydrogens is 260 g/mol. The number of rotatable bonds is 4. The van der Waals surface area contributed by atoms with Gasteiger partial charge in [0.1, 0.15) is 17.7 Å². The lowest BCUT2D eigenvalue weighted by Gasteiger charge is -2.35. The van der Waals surface area contributed by atoms with Crippen LogP contribution in [0.3, 0.4) is 0 Å². The summed E-state index contributed by atoms with van der Waals surface area (Å²) in [6, 6.07) is 1.10. The van der Waals surface area contributed by atoms with Gasteiger partial charge in [-0.1, -0.05) is 6.92 Å². The number of carboxylic acids is 1. The Bertz CT molecular complexity index is 532. The molecule has 2 rings (SSSR count). The van der Waals surface area contributed by atoms with Crippen LogP contribution in [0.4, 0.5) is 5.82 Å². The highest BCUT2D eigenvalue weighted by atomic mass is 16.4. The van der Waals surface area contributed by atoms with Crippen molar-refractivity contribution in [2.24, 2.45) is 0 Å². The van der Waals surface area contributed by atoms with E-state index in [2.05, 4.69) is 15.3 Å². The Labute approximate surface area is 117 Å². The Morgan fingerprint density at radius 3 is 2.95 bits per heavy atom. The zero-order valence-electron chi connectivity index (χ0n) is 11.6. The molecule has 7 nitrogen and oxygen atoms in total. The fraction of sp³-hybridized carbons (Fsp3) is 0.538. The second-order valence-electron chi connectivity index (χ2n) is 4.72. The van der Waals surface area contributed by atoms with Gasteiger partial charge in [-0.25, -0.2) is 9.97 Å². The Balaban J connectivity index is 2.34. The monoisotopic (exact) mass is 278 g/mol. The molecule has 1 aromatic heterocycles. The molecule has 20 heavy (non-hydrogen) atoms. The second-order valence-corrected chi connectivity index (χ2v) is 4.72. The van der Waals surface area contributed by atoms with E-state index < -0.39 is 12.0 Å². The number of piperazine rings is 1. The summed E-state index contributed by atoms with van der Waals surface area (Å²) >= 11 is 0. The topological polar surface area (TPSA) is 95.4 Å². The van der Waals surface area contributed by atoms with Crippen LogP contribution in [-0.2, 0) is 16.0 Å². The van der Waals surface area contributed by atoms with Crippen LogP contribution in [0.25, 0.3) is 0 Å². The van der Waals surface area contributed by atoms with Crippen LogP contribution in [0.5, 0.6) is 0 Å². The zero-order chi connectivity index (χ0) is 14.7. The van der Waals surface area contributed by atoms with Gasteiger partial charge in [-0.3, -0.25) is 9.59 Å².